The Morgan fingerprint density at radius 3 is 2.66 bits per heavy atom. The molecule has 0 bridgehead atoms. The first-order chi connectivity index (χ1) is 15.1. The van der Waals surface area contributed by atoms with Gasteiger partial charge < -0.3 is 10.6 Å². The van der Waals surface area contributed by atoms with Crippen molar-refractivity contribution >= 4 is 28.8 Å². The van der Waals surface area contributed by atoms with Crippen LogP contribution < -0.4 is 5.73 Å². The summed E-state index contributed by atoms with van der Waals surface area (Å²) in [6.45, 7) is 10.0. The second-order valence-corrected chi connectivity index (χ2v) is 11.3. The zero-order chi connectivity index (χ0) is 23.0. The van der Waals surface area contributed by atoms with Crippen LogP contribution >= 0.6 is 22.9 Å². The topological polar surface area (TPSA) is 59.2 Å². The fraction of sp³-hybridized carbons (Fsp3) is 0.385. The molecule has 168 valence electrons. The molecule has 1 aliphatic heterocycles. The van der Waals surface area contributed by atoms with Gasteiger partial charge in [0.1, 0.15) is 0 Å². The Balaban J connectivity index is 1.62. The van der Waals surface area contributed by atoms with Crippen LogP contribution in [0.25, 0.3) is 21.6 Å². The van der Waals surface area contributed by atoms with E-state index in [0.29, 0.717) is 17.1 Å². The van der Waals surface area contributed by atoms with E-state index >= 15 is 0 Å². The summed E-state index contributed by atoms with van der Waals surface area (Å²) in [4.78, 5) is 21.6. The molecule has 1 saturated heterocycles. The van der Waals surface area contributed by atoms with Gasteiger partial charge >= 0.3 is 0 Å². The minimum Gasteiger partial charge on any atom is -0.337 e. The van der Waals surface area contributed by atoms with E-state index in [4.69, 9.17) is 17.3 Å². The van der Waals surface area contributed by atoms with Crippen LogP contribution in [-0.2, 0) is 5.41 Å². The average molecular weight is 468 g/mol. The Kier molecular flexibility index (Phi) is 6.44. The summed E-state index contributed by atoms with van der Waals surface area (Å²) in [6, 6.07) is 12.1. The van der Waals surface area contributed by atoms with E-state index in [1.165, 1.54) is 10.4 Å². The van der Waals surface area contributed by atoms with Gasteiger partial charge in [-0.2, -0.15) is 0 Å². The first-order valence-corrected chi connectivity index (χ1v) is 12.2. The molecular weight excluding hydrogens is 438 g/mol. The van der Waals surface area contributed by atoms with E-state index in [0.717, 1.165) is 41.1 Å². The average Bonchev–Trinajstić information content (AvgIpc) is 3.14. The van der Waals surface area contributed by atoms with E-state index < -0.39 is 0 Å². The molecule has 3 aromatic rings. The van der Waals surface area contributed by atoms with Crippen LogP contribution in [0.15, 0.2) is 42.6 Å². The number of pyridine rings is 1. The summed E-state index contributed by atoms with van der Waals surface area (Å²) in [6.07, 6.45) is 3.80. The zero-order valence-electron chi connectivity index (χ0n) is 19.1. The number of piperidine rings is 1. The molecular formula is C26H30ClN3OS. The number of rotatable bonds is 3. The van der Waals surface area contributed by atoms with Crippen LogP contribution in [0, 0.1) is 6.92 Å². The van der Waals surface area contributed by atoms with E-state index in [1.807, 2.05) is 23.2 Å². The van der Waals surface area contributed by atoms with Gasteiger partial charge in [-0.25, -0.2) is 0 Å². The first kappa shape index (κ1) is 23.0. The lowest BCUT2D eigenvalue weighted by molar-refractivity contribution is 0.0709. The molecule has 6 heteroatoms. The Hall–Kier alpha value is -2.21. The van der Waals surface area contributed by atoms with Crippen molar-refractivity contribution < 1.29 is 4.79 Å². The normalized spacial score (nSPS) is 16.9. The number of halogens is 1. The van der Waals surface area contributed by atoms with Crippen molar-refractivity contribution in [3.05, 3.63) is 63.8 Å². The van der Waals surface area contributed by atoms with Crippen molar-refractivity contribution in [2.45, 2.75) is 52.0 Å². The molecule has 1 fully saturated rings. The lowest BCUT2D eigenvalue weighted by Gasteiger charge is -2.30. The summed E-state index contributed by atoms with van der Waals surface area (Å²) in [5.41, 5.74) is 11.0. The molecule has 0 aliphatic carbocycles. The summed E-state index contributed by atoms with van der Waals surface area (Å²) in [5, 5.41) is 0.593. The number of carbonyl (C=O) groups excluding carboxylic acids is 1. The Bertz CT molecular complexity index is 1150. The number of thiophene rings is 1. The van der Waals surface area contributed by atoms with Crippen LogP contribution in [0.4, 0.5) is 0 Å². The maximum atomic E-state index is 12.9. The molecule has 0 radical (unpaired) electrons. The predicted molar refractivity (Wildman–Crippen MR) is 135 cm³/mol. The number of benzene rings is 1. The van der Waals surface area contributed by atoms with Crippen molar-refractivity contribution in [2.75, 3.05) is 13.1 Å². The number of hydrogen-bond donors (Lipinski definition) is 1. The molecule has 0 saturated carbocycles. The van der Waals surface area contributed by atoms with Crippen molar-refractivity contribution in [3.8, 4) is 21.6 Å². The zero-order valence-corrected chi connectivity index (χ0v) is 20.7. The molecule has 2 N–H and O–H groups in total. The van der Waals surface area contributed by atoms with Gasteiger partial charge in [0.2, 0.25) is 0 Å². The Morgan fingerprint density at radius 2 is 1.97 bits per heavy atom. The van der Waals surface area contributed by atoms with Gasteiger partial charge in [-0.05, 0) is 61.2 Å². The minimum atomic E-state index is -0.00722. The summed E-state index contributed by atoms with van der Waals surface area (Å²) >= 11 is 8.39. The molecule has 3 heterocycles. The molecule has 0 spiro atoms. The van der Waals surface area contributed by atoms with Crippen molar-refractivity contribution in [3.63, 3.8) is 0 Å². The van der Waals surface area contributed by atoms with E-state index in [9.17, 15) is 4.79 Å². The number of carbonyl (C=O) groups is 1. The largest absolute Gasteiger partial charge is 0.337 e. The number of amides is 1. The molecule has 1 aromatic carbocycles. The second kappa shape index (κ2) is 8.97. The second-order valence-electron chi connectivity index (χ2n) is 9.61. The maximum Gasteiger partial charge on any atom is 0.253 e. The highest BCUT2D eigenvalue weighted by Crippen LogP contribution is 2.40. The van der Waals surface area contributed by atoms with Gasteiger partial charge in [0.15, 0.2) is 0 Å². The SMILES string of the molecule is Cc1sc(-c2ccc(C(=O)N3CCC[C@H](N)C3)cc2Cl)cc1-c1ccnc(C(C)(C)C)c1. The van der Waals surface area contributed by atoms with Gasteiger partial charge in [-0.15, -0.1) is 11.3 Å². The number of aromatic nitrogens is 1. The van der Waals surface area contributed by atoms with Crippen molar-refractivity contribution in [2.24, 2.45) is 5.73 Å². The third kappa shape index (κ3) is 4.75. The highest BCUT2D eigenvalue weighted by atomic mass is 35.5. The quantitative estimate of drug-likeness (QED) is 0.491. The fourth-order valence-corrected chi connectivity index (χ4v) is 5.55. The van der Waals surface area contributed by atoms with Gasteiger partial charge in [0, 0.05) is 57.3 Å². The molecule has 1 aliphatic rings. The molecule has 0 unspecified atom stereocenters. The number of aryl methyl sites for hydroxylation is 1. The van der Waals surface area contributed by atoms with Crippen LogP contribution in [0.3, 0.4) is 0 Å². The monoisotopic (exact) mass is 467 g/mol. The van der Waals surface area contributed by atoms with E-state index in [1.54, 1.807) is 17.4 Å². The highest BCUT2D eigenvalue weighted by Gasteiger charge is 2.23. The number of hydrogen-bond acceptors (Lipinski definition) is 4. The molecule has 2 aromatic heterocycles. The molecule has 1 amide bonds. The summed E-state index contributed by atoms with van der Waals surface area (Å²) in [5.74, 6) is 0.00291. The van der Waals surface area contributed by atoms with Crippen LogP contribution in [0.1, 0.15) is 54.5 Å². The van der Waals surface area contributed by atoms with Crippen molar-refractivity contribution in [1.29, 1.82) is 0 Å². The van der Waals surface area contributed by atoms with Crippen LogP contribution in [-0.4, -0.2) is 34.9 Å². The van der Waals surface area contributed by atoms with Crippen LogP contribution in [0.2, 0.25) is 5.02 Å². The maximum absolute atomic E-state index is 12.9. The number of likely N-dealkylation sites (tertiary alicyclic amines) is 1. The Morgan fingerprint density at radius 1 is 1.19 bits per heavy atom. The third-order valence-electron chi connectivity index (χ3n) is 5.98. The van der Waals surface area contributed by atoms with Gasteiger partial charge in [0.25, 0.3) is 5.91 Å². The summed E-state index contributed by atoms with van der Waals surface area (Å²) in [7, 11) is 0. The third-order valence-corrected chi connectivity index (χ3v) is 7.38. The highest BCUT2D eigenvalue weighted by molar-refractivity contribution is 7.16. The van der Waals surface area contributed by atoms with Gasteiger partial charge in [0.05, 0.1) is 5.02 Å². The van der Waals surface area contributed by atoms with E-state index in [2.05, 4.69) is 50.9 Å². The standard InChI is InChI=1S/C26H30ClN3OS/c1-16-21(17-9-10-29-24(13-17)26(2,3)4)14-23(32-16)20-8-7-18(12-22(20)27)25(31)30-11-5-6-19(28)15-30/h7-10,12-14,19H,5-6,11,15,28H2,1-4H3/t19-/m0/s1. The molecule has 4 rings (SSSR count). The minimum absolute atomic E-state index is 0.00291. The lowest BCUT2D eigenvalue weighted by atomic mass is 9.90. The molecule has 1 atom stereocenters. The fourth-order valence-electron chi connectivity index (χ4n) is 4.13. The number of nitrogens with two attached hydrogens (primary N) is 1. The van der Waals surface area contributed by atoms with Gasteiger partial charge in [-0.1, -0.05) is 38.4 Å². The van der Waals surface area contributed by atoms with Crippen molar-refractivity contribution in [1.82, 2.24) is 9.88 Å². The predicted octanol–water partition coefficient (Wildman–Crippen LogP) is 6.30. The first-order valence-electron chi connectivity index (χ1n) is 11.1. The molecule has 4 nitrogen and oxygen atoms in total. The van der Waals surface area contributed by atoms with E-state index in [-0.39, 0.29) is 17.4 Å². The Labute approximate surface area is 199 Å². The smallest absolute Gasteiger partial charge is 0.253 e. The lowest BCUT2D eigenvalue weighted by Crippen LogP contribution is -2.45. The van der Waals surface area contributed by atoms with Gasteiger partial charge in [-0.3, -0.25) is 9.78 Å². The summed E-state index contributed by atoms with van der Waals surface area (Å²) < 4.78 is 0. The molecule has 32 heavy (non-hydrogen) atoms. The van der Waals surface area contributed by atoms with Crippen LogP contribution in [0.5, 0.6) is 0 Å². The number of nitrogens with zero attached hydrogens (tertiary/aromatic N) is 2.